The van der Waals surface area contributed by atoms with Gasteiger partial charge in [0, 0.05) is 35.1 Å². The van der Waals surface area contributed by atoms with Gasteiger partial charge in [0.15, 0.2) is 4.96 Å². The number of carbonyl (C=O) groups excluding carboxylic acids is 1. The van der Waals surface area contributed by atoms with Crippen molar-refractivity contribution in [3.05, 3.63) is 71.9 Å². The van der Waals surface area contributed by atoms with Gasteiger partial charge in [0.2, 0.25) is 0 Å². The van der Waals surface area contributed by atoms with E-state index in [-0.39, 0.29) is 5.69 Å². The Labute approximate surface area is 150 Å². The maximum Gasteiger partial charge on any atom is 0.323 e. The van der Waals surface area contributed by atoms with E-state index in [2.05, 4.69) is 15.6 Å². The van der Waals surface area contributed by atoms with Gasteiger partial charge in [0.1, 0.15) is 11.6 Å². The lowest BCUT2D eigenvalue weighted by Crippen LogP contribution is -2.20. The lowest BCUT2D eigenvalue weighted by molar-refractivity contribution is 0.262. The summed E-state index contributed by atoms with van der Waals surface area (Å²) in [6.45, 7) is 0. The van der Waals surface area contributed by atoms with E-state index < -0.39 is 17.7 Å². The minimum atomic E-state index is -0.838. The number of urea groups is 1. The van der Waals surface area contributed by atoms with Gasteiger partial charge in [-0.05, 0) is 24.3 Å². The zero-order valence-corrected chi connectivity index (χ0v) is 14.1. The lowest BCUT2D eigenvalue weighted by atomic mass is 10.1. The van der Waals surface area contributed by atoms with Crippen LogP contribution in [0.5, 0.6) is 0 Å². The van der Waals surface area contributed by atoms with Crippen LogP contribution < -0.4 is 10.6 Å². The number of halogens is 2. The van der Waals surface area contributed by atoms with E-state index >= 15 is 0 Å². The summed E-state index contributed by atoms with van der Waals surface area (Å²) in [5, 5.41) is 6.90. The molecule has 2 amide bonds. The highest BCUT2D eigenvalue weighted by atomic mass is 32.1. The molecular weight excluding hydrogens is 358 g/mol. The summed E-state index contributed by atoms with van der Waals surface area (Å²) in [4.78, 5) is 17.4. The van der Waals surface area contributed by atoms with E-state index in [1.165, 1.54) is 0 Å². The molecule has 0 spiro atoms. The summed E-state index contributed by atoms with van der Waals surface area (Å²) in [5.41, 5.74) is 2.19. The van der Waals surface area contributed by atoms with Crippen LogP contribution in [0.3, 0.4) is 0 Å². The molecule has 2 N–H and O–H groups in total. The summed E-state index contributed by atoms with van der Waals surface area (Å²) in [7, 11) is 0. The van der Waals surface area contributed by atoms with Crippen molar-refractivity contribution in [1.82, 2.24) is 9.38 Å². The van der Waals surface area contributed by atoms with Crippen LogP contribution in [0.25, 0.3) is 16.2 Å². The molecule has 0 atom stereocenters. The number of nitrogens with zero attached hydrogens (tertiary/aromatic N) is 2. The predicted octanol–water partition coefficient (Wildman–Crippen LogP) is 4.99. The number of benzene rings is 2. The molecule has 0 aliphatic rings. The number of carbonyl (C=O) groups is 1. The summed E-state index contributed by atoms with van der Waals surface area (Å²) < 4.78 is 28.4. The molecule has 5 nitrogen and oxygen atoms in total. The summed E-state index contributed by atoms with van der Waals surface area (Å²) in [6.07, 6.45) is 3.86. The van der Waals surface area contributed by atoms with Crippen molar-refractivity contribution in [3.63, 3.8) is 0 Å². The third-order valence-corrected chi connectivity index (χ3v) is 4.48. The largest absolute Gasteiger partial charge is 0.323 e. The van der Waals surface area contributed by atoms with Crippen LogP contribution in [0.4, 0.5) is 25.0 Å². The minimum Gasteiger partial charge on any atom is -0.308 e. The smallest absolute Gasteiger partial charge is 0.308 e. The Morgan fingerprint density at radius 2 is 1.88 bits per heavy atom. The van der Waals surface area contributed by atoms with Crippen LogP contribution in [0.2, 0.25) is 0 Å². The van der Waals surface area contributed by atoms with Crippen molar-refractivity contribution in [2.24, 2.45) is 0 Å². The van der Waals surface area contributed by atoms with Gasteiger partial charge in [-0.3, -0.25) is 4.40 Å². The van der Waals surface area contributed by atoms with Crippen LogP contribution >= 0.6 is 11.3 Å². The molecule has 2 aromatic carbocycles. The Morgan fingerprint density at radius 1 is 1.08 bits per heavy atom. The Morgan fingerprint density at radius 3 is 2.62 bits per heavy atom. The fourth-order valence-corrected chi connectivity index (χ4v) is 3.17. The fourth-order valence-electron chi connectivity index (χ4n) is 2.47. The van der Waals surface area contributed by atoms with Gasteiger partial charge in [0.25, 0.3) is 0 Å². The number of imidazole rings is 1. The number of anilines is 2. The molecule has 0 aliphatic heterocycles. The average molecular weight is 370 g/mol. The molecule has 4 rings (SSSR count). The molecule has 0 saturated carbocycles. The van der Waals surface area contributed by atoms with Gasteiger partial charge in [0.05, 0.1) is 11.4 Å². The van der Waals surface area contributed by atoms with E-state index in [4.69, 9.17) is 0 Å². The van der Waals surface area contributed by atoms with Crippen molar-refractivity contribution >= 4 is 33.7 Å². The summed E-state index contributed by atoms with van der Waals surface area (Å²) in [6, 6.07) is 9.44. The highest BCUT2D eigenvalue weighted by molar-refractivity contribution is 7.15. The Hall–Kier alpha value is -3.26. The second-order valence-corrected chi connectivity index (χ2v) is 6.37. The van der Waals surface area contributed by atoms with Crippen molar-refractivity contribution in [1.29, 1.82) is 0 Å². The average Bonchev–Trinajstić information content (AvgIpc) is 3.20. The molecule has 8 heteroatoms. The molecule has 26 heavy (non-hydrogen) atoms. The first kappa shape index (κ1) is 16.2. The third kappa shape index (κ3) is 3.27. The van der Waals surface area contributed by atoms with E-state index in [0.29, 0.717) is 11.8 Å². The molecule has 0 aliphatic carbocycles. The summed E-state index contributed by atoms with van der Waals surface area (Å²) >= 11 is 1.55. The van der Waals surface area contributed by atoms with Gasteiger partial charge < -0.3 is 10.6 Å². The Balaban J connectivity index is 1.45. The molecule has 2 heterocycles. The molecule has 0 unspecified atom stereocenters. The number of aromatic nitrogens is 2. The monoisotopic (exact) mass is 370 g/mol. The van der Waals surface area contributed by atoms with Gasteiger partial charge in [-0.25, -0.2) is 18.6 Å². The second kappa shape index (κ2) is 6.57. The van der Waals surface area contributed by atoms with E-state index in [9.17, 15) is 13.6 Å². The topological polar surface area (TPSA) is 58.4 Å². The number of thiazole rings is 1. The van der Waals surface area contributed by atoms with Crippen molar-refractivity contribution in [3.8, 4) is 11.3 Å². The zero-order valence-electron chi connectivity index (χ0n) is 13.2. The molecule has 0 radical (unpaired) electrons. The standard InChI is InChI=1S/C18H12F2N4OS/c19-12-3-6-15(14(20)9-12)22-17(25)21-13-4-1-11(2-5-13)16-10-24-7-8-26-18(24)23-16/h1-10H,(H2,21,22,25). The zero-order chi connectivity index (χ0) is 18.1. The minimum absolute atomic E-state index is 0.0985. The number of amides is 2. The van der Waals surface area contributed by atoms with Crippen LogP contribution in [-0.2, 0) is 0 Å². The first-order chi connectivity index (χ1) is 12.6. The van der Waals surface area contributed by atoms with Gasteiger partial charge >= 0.3 is 6.03 Å². The van der Waals surface area contributed by atoms with E-state index in [1.54, 1.807) is 23.5 Å². The highest BCUT2D eigenvalue weighted by Crippen LogP contribution is 2.23. The van der Waals surface area contributed by atoms with Crippen molar-refractivity contribution in [2.75, 3.05) is 10.6 Å². The number of hydrogen-bond acceptors (Lipinski definition) is 3. The second-order valence-electron chi connectivity index (χ2n) is 5.50. The van der Waals surface area contributed by atoms with Crippen LogP contribution in [-0.4, -0.2) is 15.4 Å². The molecule has 130 valence electrons. The van der Waals surface area contributed by atoms with Crippen molar-refractivity contribution in [2.45, 2.75) is 0 Å². The normalized spacial score (nSPS) is 10.8. The highest BCUT2D eigenvalue weighted by Gasteiger charge is 2.09. The molecule has 0 bridgehead atoms. The van der Waals surface area contributed by atoms with E-state index in [0.717, 1.165) is 28.4 Å². The number of hydrogen-bond donors (Lipinski definition) is 2. The Kier molecular flexibility index (Phi) is 4.10. The molecular formula is C18H12F2N4OS. The first-order valence-electron chi connectivity index (χ1n) is 7.64. The summed E-state index contributed by atoms with van der Waals surface area (Å²) in [5.74, 6) is -1.54. The Bertz CT molecular complexity index is 1060. The van der Waals surface area contributed by atoms with Gasteiger partial charge in [-0.15, -0.1) is 11.3 Å². The quantitative estimate of drug-likeness (QED) is 0.534. The number of rotatable bonds is 3. The number of nitrogens with one attached hydrogen (secondary N) is 2. The lowest BCUT2D eigenvalue weighted by Gasteiger charge is -2.09. The first-order valence-corrected chi connectivity index (χ1v) is 8.52. The maximum absolute atomic E-state index is 13.6. The number of fused-ring (bicyclic) bond motifs is 1. The molecule has 2 aromatic heterocycles. The van der Waals surface area contributed by atoms with Crippen molar-refractivity contribution < 1.29 is 13.6 Å². The predicted molar refractivity (Wildman–Crippen MR) is 97.5 cm³/mol. The molecule has 4 aromatic rings. The van der Waals surface area contributed by atoms with Crippen LogP contribution in [0.1, 0.15) is 0 Å². The van der Waals surface area contributed by atoms with Gasteiger partial charge in [-0.1, -0.05) is 12.1 Å². The van der Waals surface area contributed by atoms with Crippen LogP contribution in [0, 0.1) is 11.6 Å². The van der Waals surface area contributed by atoms with Crippen LogP contribution in [0.15, 0.2) is 60.2 Å². The molecule has 0 fully saturated rings. The maximum atomic E-state index is 13.6. The molecule has 0 saturated heterocycles. The third-order valence-electron chi connectivity index (χ3n) is 3.71. The van der Waals surface area contributed by atoms with Gasteiger partial charge in [-0.2, -0.15) is 0 Å². The SMILES string of the molecule is O=C(Nc1ccc(-c2cn3ccsc3n2)cc1)Nc1ccc(F)cc1F. The van der Waals surface area contributed by atoms with E-state index in [1.807, 2.05) is 34.3 Å². The fraction of sp³-hybridized carbons (Fsp3) is 0.